The van der Waals surface area contributed by atoms with E-state index in [1.54, 1.807) is 6.07 Å². The van der Waals surface area contributed by atoms with Gasteiger partial charge in [0.05, 0.1) is 0 Å². The van der Waals surface area contributed by atoms with E-state index in [1.807, 2.05) is 25.1 Å². The number of carbonyl (C=O) groups is 1. The summed E-state index contributed by atoms with van der Waals surface area (Å²) in [6.45, 7) is 1.85. The molecular weight excluding hydrogens is 256 g/mol. The van der Waals surface area contributed by atoms with Crippen LogP contribution in [-0.2, 0) is 21.3 Å². The van der Waals surface area contributed by atoms with Crippen LogP contribution in [0.2, 0.25) is 5.02 Å². The van der Waals surface area contributed by atoms with Gasteiger partial charge in [-0.2, -0.15) is 0 Å². The second-order valence-corrected chi connectivity index (χ2v) is 5.86. The first-order valence-corrected chi connectivity index (χ1v) is 7.60. The normalized spacial score (nSPS) is 12.4. The van der Waals surface area contributed by atoms with E-state index >= 15 is 0 Å². The van der Waals surface area contributed by atoms with Gasteiger partial charge in [-0.05, 0) is 18.1 Å². The van der Waals surface area contributed by atoms with Crippen LogP contribution >= 0.6 is 11.6 Å². The van der Waals surface area contributed by atoms with Gasteiger partial charge in [-0.1, -0.05) is 36.7 Å². The smallest absolute Gasteiger partial charge is 0.132 e. The molecule has 94 valence electrons. The molecule has 0 fully saturated rings. The molecule has 1 rings (SSSR count). The fourth-order valence-electron chi connectivity index (χ4n) is 1.47. The molecule has 0 bridgehead atoms. The van der Waals surface area contributed by atoms with Crippen molar-refractivity contribution in [2.24, 2.45) is 0 Å². The maximum Gasteiger partial charge on any atom is 0.132 e. The van der Waals surface area contributed by atoms with Crippen LogP contribution in [0.5, 0.6) is 0 Å². The molecule has 0 saturated carbocycles. The summed E-state index contributed by atoms with van der Waals surface area (Å²) in [5.41, 5.74) is 0.911. The molecule has 0 N–H and O–H groups in total. The van der Waals surface area contributed by atoms with Gasteiger partial charge in [0.1, 0.15) is 5.78 Å². The zero-order valence-corrected chi connectivity index (χ0v) is 11.5. The Hall–Kier alpha value is -0.670. The lowest BCUT2D eigenvalue weighted by atomic mass is 10.2. The van der Waals surface area contributed by atoms with E-state index in [0.29, 0.717) is 35.8 Å². The Morgan fingerprint density at radius 2 is 2.06 bits per heavy atom. The van der Waals surface area contributed by atoms with Crippen molar-refractivity contribution in [3.8, 4) is 0 Å². The van der Waals surface area contributed by atoms with Crippen LogP contribution < -0.4 is 0 Å². The summed E-state index contributed by atoms with van der Waals surface area (Å²) in [7, 11) is -0.936. The molecule has 0 aliphatic rings. The average molecular weight is 273 g/mol. The molecule has 1 atom stereocenters. The van der Waals surface area contributed by atoms with E-state index < -0.39 is 10.8 Å². The highest BCUT2D eigenvalue weighted by molar-refractivity contribution is 7.84. The van der Waals surface area contributed by atoms with Crippen LogP contribution in [0.25, 0.3) is 0 Å². The van der Waals surface area contributed by atoms with Crippen molar-refractivity contribution in [1.82, 2.24) is 0 Å². The molecule has 0 heterocycles. The molecule has 17 heavy (non-hydrogen) atoms. The topological polar surface area (TPSA) is 34.1 Å². The third-order valence-electron chi connectivity index (χ3n) is 2.50. The van der Waals surface area contributed by atoms with Gasteiger partial charge in [-0.15, -0.1) is 0 Å². The molecule has 2 nitrogen and oxygen atoms in total. The lowest BCUT2D eigenvalue weighted by Crippen LogP contribution is -2.04. The number of hydrogen-bond acceptors (Lipinski definition) is 2. The quantitative estimate of drug-likeness (QED) is 0.763. The van der Waals surface area contributed by atoms with Crippen molar-refractivity contribution in [2.75, 3.05) is 5.75 Å². The van der Waals surface area contributed by atoms with Crippen LogP contribution in [0.1, 0.15) is 31.7 Å². The summed E-state index contributed by atoms with van der Waals surface area (Å²) < 4.78 is 11.8. The van der Waals surface area contributed by atoms with Crippen molar-refractivity contribution in [3.63, 3.8) is 0 Å². The summed E-state index contributed by atoms with van der Waals surface area (Å²) in [6, 6.07) is 7.43. The molecular formula is C13H17ClO2S. The molecule has 0 saturated heterocycles. The second-order valence-electron chi connectivity index (χ2n) is 3.88. The monoisotopic (exact) mass is 272 g/mol. The predicted octanol–water partition coefficient (Wildman–Crippen LogP) is 3.35. The zero-order valence-electron chi connectivity index (χ0n) is 9.95. The first kappa shape index (κ1) is 14.4. The number of carbonyl (C=O) groups excluding carboxylic acids is 1. The lowest BCUT2D eigenvalue weighted by Gasteiger charge is -2.04. The van der Waals surface area contributed by atoms with Gasteiger partial charge in [0, 0.05) is 40.2 Å². The summed E-state index contributed by atoms with van der Waals surface area (Å²) in [5.74, 6) is 1.27. The van der Waals surface area contributed by atoms with Crippen LogP contribution in [0.4, 0.5) is 0 Å². The van der Waals surface area contributed by atoms with Crippen LogP contribution in [0.3, 0.4) is 0 Å². The minimum Gasteiger partial charge on any atom is -0.300 e. The van der Waals surface area contributed by atoms with E-state index in [4.69, 9.17) is 11.6 Å². The van der Waals surface area contributed by atoms with E-state index in [-0.39, 0.29) is 5.78 Å². The highest BCUT2D eigenvalue weighted by atomic mass is 35.5. The number of halogens is 1. The van der Waals surface area contributed by atoms with Gasteiger partial charge in [0.15, 0.2) is 0 Å². The number of hydrogen-bond donors (Lipinski definition) is 0. The van der Waals surface area contributed by atoms with Crippen LogP contribution in [-0.4, -0.2) is 15.7 Å². The van der Waals surface area contributed by atoms with Gasteiger partial charge < -0.3 is 0 Å². The molecule has 4 heteroatoms. The third-order valence-corrected chi connectivity index (χ3v) is 4.24. The van der Waals surface area contributed by atoms with E-state index in [9.17, 15) is 9.00 Å². The van der Waals surface area contributed by atoms with Crippen molar-refractivity contribution in [1.29, 1.82) is 0 Å². The van der Waals surface area contributed by atoms with Crippen LogP contribution in [0, 0.1) is 0 Å². The molecule has 1 aromatic carbocycles. The molecule has 0 spiro atoms. The van der Waals surface area contributed by atoms with Gasteiger partial charge in [0.2, 0.25) is 0 Å². The Bertz CT molecular complexity index is 404. The zero-order chi connectivity index (χ0) is 12.7. The second kappa shape index (κ2) is 7.62. The van der Waals surface area contributed by atoms with Crippen molar-refractivity contribution < 1.29 is 9.00 Å². The first-order valence-electron chi connectivity index (χ1n) is 5.73. The third kappa shape index (κ3) is 5.46. The van der Waals surface area contributed by atoms with Gasteiger partial charge in [-0.25, -0.2) is 0 Å². The fourth-order valence-corrected chi connectivity index (χ4v) is 2.96. The maximum absolute atomic E-state index is 11.8. The summed E-state index contributed by atoms with van der Waals surface area (Å²) in [5, 5.41) is 0.658. The molecule has 0 radical (unpaired) electrons. The lowest BCUT2D eigenvalue weighted by molar-refractivity contribution is -0.118. The van der Waals surface area contributed by atoms with Crippen LogP contribution in [0.15, 0.2) is 24.3 Å². The minimum absolute atomic E-state index is 0.236. The Balaban J connectivity index is 2.35. The number of rotatable bonds is 7. The number of Topliss-reactive ketones (excluding diaryl/α,β-unsaturated/α-hetero) is 1. The van der Waals surface area contributed by atoms with Gasteiger partial charge in [-0.3, -0.25) is 9.00 Å². The number of ketones is 1. The van der Waals surface area contributed by atoms with Crippen molar-refractivity contribution in [3.05, 3.63) is 34.9 Å². The fraction of sp³-hybridized carbons (Fsp3) is 0.462. The first-order chi connectivity index (χ1) is 8.13. The molecule has 1 unspecified atom stereocenters. The predicted molar refractivity (Wildman–Crippen MR) is 72.7 cm³/mol. The largest absolute Gasteiger partial charge is 0.300 e. The Morgan fingerprint density at radius 1 is 1.35 bits per heavy atom. The van der Waals surface area contributed by atoms with E-state index in [1.165, 1.54) is 0 Å². The van der Waals surface area contributed by atoms with E-state index in [0.717, 1.165) is 5.56 Å². The van der Waals surface area contributed by atoms with Gasteiger partial charge >= 0.3 is 0 Å². The summed E-state index contributed by atoms with van der Waals surface area (Å²) in [6.07, 6.45) is 1.80. The number of benzene rings is 1. The molecule has 0 amide bonds. The Morgan fingerprint density at radius 3 is 2.71 bits per heavy atom. The maximum atomic E-state index is 11.8. The summed E-state index contributed by atoms with van der Waals surface area (Å²) in [4.78, 5) is 11.1. The Labute approximate surface area is 110 Å². The molecule has 0 aromatic heterocycles. The highest BCUT2D eigenvalue weighted by Crippen LogP contribution is 2.17. The van der Waals surface area contributed by atoms with E-state index in [2.05, 4.69) is 0 Å². The van der Waals surface area contributed by atoms with Crippen molar-refractivity contribution >= 4 is 28.2 Å². The van der Waals surface area contributed by atoms with Crippen molar-refractivity contribution in [2.45, 2.75) is 31.9 Å². The van der Waals surface area contributed by atoms with Gasteiger partial charge in [0.25, 0.3) is 0 Å². The molecule has 0 aliphatic carbocycles. The standard InChI is InChI=1S/C13H17ClO2S/c1-2-12(15)7-5-9-17(16)10-11-6-3-4-8-13(11)14/h3-4,6,8H,2,5,7,9-10H2,1H3. The highest BCUT2D eigenvalue weighted by Gasteiger charge is 2.06. The SMILES string of the molecule is CCC(=O)CCCS(=O)Cc1ccccc1Cl. The summed E-state index contributed by atoms with van der Waals surface area (Å²) >= 11 is 5.99. The average Bonchev–Trinajstić information content (AvgIpc) is 2.32. The molecule has 0 aliphatic heterocycles. The Kier molecular flexibility index (Phi) is 6.45. The molecule has 1 aromatic rings. The minimum atomic E-state index is -0.936.